The molecular formula is C12H11F3N2. The number of halogens is 3. The number of alkyl halides is 3. The van der Waals surface area contributed by atoms with Crippen molar-refractivity contribution in [1.82, 2.24) is 10.2 Å². The average Bonchev–Trinajstić information content (AvgIpc) is 2.58. The molecule has 0 aliphatic carbocycles. The van der Waals surface area contributed by atoms with Gasteiger partial charge < -0.3 is 0 Å². The number of rotatable bonds is 1. The van der Waals surface area contributed by atoms with E-state index in [0.717, 1.165) is 34.6 Å². The lowest BCUT2D eigenvalue weighted by Gasteiger charge is -2.07. The van der Waals surface area contributed by atoms with Crippen LogP contribution in [0.15, 0.2) is 24.3 Å². The summed E-state index contributed by atoms with van der Waals surface area (Å²) in [6.45, 7) is 3.66. The van der Waals surface area contributed by atoms with Crippen LogP contribution in [-0.2, 0) is 6.18 Å². The summed E-state index contributed by atoms with van der Waals surface area (Å²) in [6, 6.07) is 5.10. The Bertz CT molecular complexity index is 504. The molecule has 1 N–H and O–H groups in total. The molecule has 1 aromatic carbocycles. The fourth-order valence-corrected chi connectivity index (χ4v) is 1.80. The van der Waals surface area contributed by atoms with Crippen LogP contribution in [0.5, 0.6) is 0 Å². The van der Waals surface area contributed by atoms with Gasteiger partial charge >= 0.3 is 6.18 Å². The number of benzene rings is 1. The van der Waals surface area contributed by atoms with Gasteiger partial charge in [0, 0.05) is 11.3 Å². The summed E-state index contributed by atoms with van der Waals surface area (Å²) in [4.78, 5) is 0. The summed E-state index contributed by atoms with van der Waals surface area (Å²) in [6.07, 6.45) is -4.29. The zero-order chi connectivity index (χ0) is 12.6. The monoisotopic (exact) mass is 240 g/mol. The highest BCUT2D eigenvalue weighted by Crippen LogP contribution is 2.32. The van der Waals surface area contributed by atoms with Gasteiger partial charge in [0.1, 0.15) is 0 Å². The van der Waals surface area contributed by atoms with Gasteiger partial charge in [-0.15, -0.1) is 0 Å². The molecule has 0 bridgehead atoms. The summed E-state index contributed by atoms with van der Waals surface area (Å²) in [5.41, 5.74) is 2.59. The van der Waals surface area contributed by atoms with Gasteiger partial charge in [0.2, 0.25) is 0 Å². The molecule has 5 heteroatoms. The highest BCUT2D eigenvalue weighted by Gasteiger charge is 2.30. The lowest BCUT2D eigenvalue weighted by atomic mass is 10.0. The molecule has 2 aromatic rings. The Labute approximate surface area is 96.5 Å². The first-order chi connectivity index (χ1) is 7.89. The van der Waals surface area contributed by atoms with E-state index in [1.807, 2.05) is 13.8 Å². The molecule has 0 atom stereocenters. The molecule has 1 heterocycles. The summed E-state index contributed by atoms with van der Waals surface area (Å²) >= 11 is 0. The second-order valence-corrected chi connectivity index (χ2v) is 3.88. The predicted octanol–water partition coefficient (Wildman–Crippen LogP) is 3.71. The second-order valence-electron chi connectivity index (χ2n) is 3.88. The van der Waals surface area contributed by atoms with Crippen LogP contribution in [0.25, 0.3) is 11.1 Å². The first-order valence-electron chi connectivity index (χ1n) is 5.09. The van der Waals surface area contributed by atoms with Crippen molar-refractivity contribution in [1.29, 1.82) is 0 Å². The SMILES string of the molecule is Cc1n[nH]c(C)c1-c1ccc(C(F)(F)F)cc1. The van der Waals surface area contributed by atoms with Gasteiger partial charge in [-0.2, -0.15) is 18.3 Å². The fraction of sp³-hybridized carbons (Fsp3) is 0.250. The number of aryl methyl sites for hydroxylation is 2. The molecule has 0 saturated carbocycles. The number of H-pyrrole nitrogens is 1. The summed E-state index contributed by atoms with van der Waals surface area (Å²) in [5.74, 6) is 0. The van der Waals surface area contributed by atoms with Crippen molar-refractivity contribution in [2.45, 2.75) is 20.0 Å². The van der Waals surface area contributed by atoms with Crippen LogP contribution in [0.3, 0.4) is 0 Å². The number of hydrogen-bond acceptors (Lipinski definition) is 1. The Balaban J connectivity index is 2.43. The minimum atomic E-state index is -4.29. The van der Waals surface area contributed by atoms with Crippen molar-refractivity contribution in [2.75, 3.05) is 0 Å². The predicted molar refractivity (Wildman–Crippen MR) is 58.5 cm³/mol. The first-order valence-corrected chi connectivity index (χ1v) is 5.09. The highest BCUT2D eigenvalue weighted by molar-refractivity contribution is 5.68. The van der Waals surface area contributed by atoms with Gasteiger partial charge in [0.25, 0.3) is 0 Å². The highest BCUT2D eigenvalue weighted by atomic mass is 19.4. The van der Waals surface area contributed by atoms with E-state index < -0.39 is 11.7 Å². The van der Waals surface area contributed by atoms with E-state index in [4.69, 9.17) is 0 Å². The maximum absolute atomic E-state index is 12.4. The van der Waals surface area contributed by atoms with Crippen molar-refractivity contribution in [3.8, 4) is 11.1 Å². The van der Waals surface area contributed by atoms with Gasteiger partial charge in [-0.1, -0.05) is 12.1 Å². The molecule has 2 nitrogen and oxygen atoms in total. The summed E-state index contributed by atoms with van der Waals surface area (Å²) in [7, 11) is 0. The molecule has 0 saturated heterocycles. The Morgan fingerprint density at radius 2 is 1.65 bits per heavy atom. The standard InChI is InChI=1S/C12H11F3N2/c1-7-11(8(2)17-16-7)9-3-5-10(6-4-9)12(13,14)15/h3-6H,1-2H3,(H,16,17). The first kappa shape index (κ1) is 11.7. The molecule has 0 radical (unpaired) electrons. The van der Waals surface area contributed by atoms with Crippen molar-refractivity contribution in [3.63, 3.8) is 0 Å². The molecule has 0 aliphatic heterocycles. The van der Waals surface area contributed by atoms with Crippen molar-refractivity contribution >= 4 is 0 Å². The van der Waals surface area contributed by atoms with E-state index in [2.05, 4.69) is 10.2 Å². The van der Waals surface area contributed by atoms with Gasteiger partial charge in [-0.3, -0.25) is 5.10 Å². The van der Waals surface area contributed by atoms with Crippen molar-refractivity contribution in [2.24, 2.45) is 0 Å². The average molecular weight is 240 g/mol. The smallest absolute Gasteiger partial charge is 0.282 e. The van der Waals surface area contributed by atoms with Crippen LogP contribution in [0.1, 0.15) is 17.0 Å². The maximum Gasteiger partial charge on any atom is 0.416 e. The third-order valence-corrected chi connectivity index (χ3v) is 2.63. The maximum atomic E-state index is 12.4. The zero-order valence-corrected chi connectivity index (χ0v) is 9.39. The Kier molecular flexibility index (Phi) is 2.69. The third-order valence-electron chi connectivity index (χ3n) is 2.63. The van der Waals surface area contributed by atoms with E-state index in [1.54, 1.807) is 0 Å². The molecule has 0 fully saturated rings. The van der Waals surface area contributed by atoms with E-state index in [1.165, 1.54) is 12.1 Å². The Morgan fingerprint density at radius 1 is 1.06 bits per heavy atom. The van der Waals surface area contributed by atoms with Crippen LogP contribution in [0.2, 0.25) is 0 Å². The lowest BCUT2D eigenvalue weighted by Crippen LogP contribution is -2.04. The lowest BCUT2D eigenvalue weighted by molar-refractivity contribution is -0.137. The number of nitrogens with one attached hydrogen (secondary N) is 1. The van der Waals surface area contributed by atoms with Gasteiger partial charge in [0.15, 0.2) is 0 Å². The molecule has 90 valence electrons. The number of aromatic amines is 1. The summed E-state index contributed by atoms with van der Waals surface area (Å²) < 4.78 is 37.2. The zero-order valence-electron chi connectivity index (χ0n) is 9.39. The van der Waals surface area contributed by atoms with Gasteiger partial charge in [-0.05, 0) is 31.5 Å². The number of nitrogens with zero attached hydrogens (tertiary/aromatic N) is 1. The quantitative estimate of drug-likeness (QED) is 0.808. The molecular weight excluding hydrogens is 229 g/mol. The molecule has 1 aromatic heterocycles. The minimum Gasteiger partial charge on any atom is -0.282 e. The minimum absolute atomic E-state index is 0.639. The second kappa shape index (κ2) is 3.91. The van der Waals surface area contributed by atoms with E-state index in [0.29, 0.717) is 0 Å². The van der Waals surface area contributed by atoms with E-state index >= 15 is 0 Å². The van der Waals surface area contributed by atoms with Crippen LogP contribution in [0, 0.1) is 13.8 Å². The fourth-order valence-electron chi connectivity index (χ4n) is 1.80. The van der Waals surface area contributed by atoms with Crippen molar-refractivity contribution in [3.05, 3.63) is 41.2 Å². The molecule has 17 heavy (non-hydrogen) atoms. The molecule has 0 aliphatic rings. The van der Waals surface area contributed by atoms with Crippen LogP contribution < -0.4 is 0 Å². The van der Waals surface area contributed by atoms with Crippen LogP contribution >= 0.6 is 0 Å². The Morgan fingerprint density at radius 3 is 2.06 bits per heavy atom. The third kappa shape index (κ3) is 2.18. The molecule has 0 amide bonds. The molecule has 2 rings (SSSR count). The summed E-state index contributed by atoms with van der Waals surface area (Å²) in [5, 5.41) is 6.82. The number of aromatic nitrogens is 2. The molecule has 0 spiro atoms. The number of hydrogen-bond donors (Lipinski definition) is 1. The van der Waals surface area contributed by atoms with Crippen molar-refractivity contribution < 1.29 is 13.2 Å². The van der Waals surface area contributed by atoms with Crippen LogP contribution in [-0.4, -0.2) is 10.2 Å². The van der Waals surface area contributed by atoms with Crippen LogP contribution in [0.4, 0.5) is 13.2 Å². The molecule has 0 unspecified atom stereocenters. The van der Waals surface area contributed by atoms with E-state index in [-0.39, 0.29) is 0 Å². The van der Waals surface area contributed by atoms with E-state index in [9.17, 15) is 13.2 Å². The largest absolute Gasteiger partial charge is 0.416 e. The van der Waals surface area contributed by atoms with Gasteiger partial charge in [-0.25, -0.2) is 0 Å². The topological polar surface area (TPSA) is 28.7 Å². The van der Waals surface area contributed by atoms with Gasteiger partial charge in [0.05, 0.1) is 11.3 Å². The Hall–Kier alpha value is -1.78. The normalized spacial score (nSPS) is 11.8.